The lowest BCUT2D eigenvalue weighted by atomic mass is 9.85. The first-order valence-electron chi connectivity index (χ1n) is 9.17. The molecule has 5 N–H and O–H groups in total. The van der Waals surface area contributed by atoms with Crippen LogP contribution in [0.3, 0.4) is 0 Å². The number of carbonyl (C=O) groups excluding carboxylic acids is 1. The van der Waals surface area contributed by atoms with E-state index in [0.717, 1.165) is 40.8 Å². The number of nitrogens with two attached hydrogens (primary N) is 2. The molecule has 0 radical (unpaired) electrons. The van der Waals surface area contributed by atoms with E-state index in [9.17, 15) is 9.90 Å². The van der Waals surface area contributed by atoms with Gasteiger partial charge in [0.1, 0.15) is 17.1 Å². The molecule has 0 fully saturated rings. The molecule has 1 aromatic carbocycles. The number of fused-ring (bicyclic) bond motifs is 1. The minimum atomic E-state index is -0.832. The van der Waals surface area contributed by atoms with Crippen LogP contribution < -0.4 is 16.2 Å². The molecular weight excluding hydrogens is 332 g/mol. The summed E-state index contributed by atoms with van der Waals surface area (Å²) in [6.07, 6.45) is 2.89. The minimum Gasteiger partial charge on any atom is -0.507 e. The predicted molar refractivity (Wildman–Crippen MR) is 101 cm³/mol. The summed E-state index contributed by atoms with van der Waals surface area (Å²) < 4.78 is 11.5. The van der Waals surface area contributed by atoms with Gasteiger partial charge in [0.05, 0.1) is 12.3 Å². The molecule has 6 heteroatoms. The SMILES string of the molecule is Cc1c(C)c2c(c(C)c1O)CCC(C)(CCC(=O)OCCC(C)(N)N)O2. The number of esters is 1. The van der Waals surface area contributed by atoms with Gasteiger partial charge in [0.2, 0.25) is 0 Å². The third-order valence-corrected chi connectivity index (χ3v) is 5.35. The summed E-state index contributed by atoms with van der Waals surface area (Å²) in [7, 11) is 0. The van der Waals surface area contributed by atoms with Crippen molar-refractivity contribution in [3.8, 4) is 11.5 Å². The molecule has 26 heavy (non-hydrogen) atoms. The number of hydrogen-bond acceptors (Lipinski definition) is 6. The third-order valence-electron chi connectivity index (χ3n) is 5.35. The molecule has 1 unspecified atom stereocenters. The van der Waals surface area contributed by atoms with Crippen LogP contribution in [0.15, 0.2) is 0 Å². The Balaban J connectivity index is 2.00. The first-order valence-corrected chi connectivity index (χ1v) is 9.17. The number of hydrogen-bond donors (Lipinski definition) is 3. The van der Waals surface area contributed by atoms with Gasteiger partial charge in [0, 0.05) is 18.4 Å². The average Bonchev–Trinajstić information content (AvgIpc) is 2.55. The largest absolute Gasteiger partial charge is 0.507 e. The van der Waals surface area contributed by atoms with Crippen LogP contribution in [0.5, 0.6) is 11.5 Å². The van der Waals surface area contributed by atoms with Crippen molar-refractivity contribution in [1.29, 1.82) is 0 Å². The summed E-state index contributed by atoms with van der Waals surface area (Å²) in [4.78, 5) is 12.0. The van der Waals surface area contributed by atoms with Crippen molar-refractivity contribution in [2.75, 3.05) is 6.61 Å². The van der Waals surface area contributed by atoms with E-state index in [1.807, 2.05) is 27.7 Å². The van der Waals surface area contributed by atoms with Crippen LogP contribution in [0.1, 0.15) is 61.8 Å². The summed E-state index contributed by atoms with van der Waals surface area (Å²) in [5.41, 5.74) is 13.8. The van der Waals surface area contributed by atoms with Gasteiger partial charge in [0.15, 0.2) is 0 Å². The molecular formula is C20H32N2O4. The van der Waals surface area contributed by atoms with E-state index in [1.54, 1.807) is 6.92 Å². The summed E-state index contributed by atoms with van der Waals surface area (Å²) in [5, 5.41) is 10.3. The normalized spacial score (nSPS) is 19.7. The maximum absolute atomic E-state index is 12.0. The van der Waals surface area contributed by atoms with Gasteiger partial charge in [-0.15, -0.1) is 0 Å². The Labute approximate surface area is 155 Å². The van der Waals surface area contributed by atoms with Gasteiger partial charge in [-0.05, 0) is 70.6 Å². The number of ether oxygens (including phenoxy) is 2. The molecule has 0 amide bonds. The molecule has 2 rings (SSSR count). The van der Waals surface area contributed by atoms with E-state index in [2.05, 4.69) is 0 Å². The van der Waals surface area contributed by atoms with Crippen molar-refractivity contribution in [3.05, 3.63) is 22.3 Å². The highest BCUT2D eigenvalue weighted by atomic mass is 16.5. The van der Waals surface area contributed by atoms with E-state index in [-0.39, 0.29) is 19.0 Å². The molecule has 0 saturated carbocycles. The lowest BCUT2D eigenvalue weighted by molar-refractivity contribution is -0.145. The molecule has 0 spiro atoms. The van der Waals surface area contributed by atoms with Gasteiger partial charge in [-0.25, -0.2) is 0 Å². The monoisotopic (exact) mass is 364 g/mol. The molecule has 0 bridgehead atoms. The topological polar surface area (TPSA) is 108 Å². The quantitative estimate of drug-likeness (QED) is 0.529. The number of carbonyl (C=O) groups is 1. The van der Waals surface area contributed by atoms with Gasteiger partial charge in [-0.1, -0.05) is 0 Å². The van der Waals surface area contributed by atoms with Crippen molar-refractivity contribution < 1.29 is 19.4 Å². The van der Waals surface area contributed by atoms with Gasteiger partial charge < -0.3 is 26.0 Å². The fourth-order valence-corrected chi connectivity index (χ4v) is 3.29. The molecule has 0 aromatic heterocycles. The van der Waals surface area contributed by atoms with Crippen molar-refractivity contribution in [2.24, 2.45) is 11.5 Å². The Hall–Kier alpha value is -1.79. The van der Waals surface area contributed by atoms with E-state index < -0.39 is 11.3 Å². The van der Waals surface area contributed by atoms with Crippen LogP contribution in [-0.4, -0.2) is 28.9 Å². The molecule has 146 valence electrons. The number of rotatable bonds is 6. The fraction of sp³-hybridized carbons (Fsp3) is 0.650. The van der Waals surface area contributed by atoms with Gasteiger partial charge >= 0.3 is 5.97 Å². The van der Waals surface area contributed by atoms with E-state index in [0.29, 0.717) is 18.6 Å². The van der Waals surface area contributed by atoms with Crippen molar-refractivity contribution in [2.45, 2.75) is 78.0 Å². The zero-order valence-corrected chi connectivity index (χ0v) is 16.6. The summed E-state index contributed by atoms with van der Waals surface area (Å²) >= 11 is 0. The third kappa shape index (κ3) is 4.68. The summed E-state index contributed by atoms with van der Waals surface area (Å²) in [5.74, 6) is 0.936. The smallest absolute Gasteiger partial charge is 0.305 e. The summed E-state index contributed by atoms with van der Waals surface area (Å²) in [6, 6.07) is 0. The molecule has 1 aliphatic rings. The van der Waals surface area contributed by atoms with E-state index in [4.69, 9.17) is 20.9 Å². The number of phenolic OH excluding ortho intramolecular Hbond substituents is 1. The lowest BCUT2D eigenvalue weighted by Gasteiger charge is -2.38. The van der Waals surface area contributed by atoms with Crippen LogP contribution >= 0.6 is 0 Å². The Bertz CT molecular complexity index is 694. The lowest BCUT2D eigenvalue weighted by Crippen LogP contribution is -2.47. The second kappa shape index (κ2) is 7.45. The second-order valence-electron chi connectivity index (χ2n) is 8.06. The Morgan fingerprint density at radius 3 is 2.54 bits per heavy atom. The molecule has 1 aliphatic heterocycles. The van der Waals surface area contributed by atoms with Crippen molar-refractivity contribution in [1.82, 2.24) is 0 Å². The molecule has 1 heterocycles. The Kier molecular flexibility index (Phi) is 5.88. The highest BCUT2D eigenvalue weighted by Gasteiger charge is 2.35. The van der Waals surface area contributed by atoms with Crippen LogP contribution in [0.4, 0.5) is 0 Å². The first-order chi connectivity index (χ1) is 11.9. The van der Waals surface area contributed by atoms with Gasteiger partial charge in [-0.2, -0.15) is 0 Å². The molecule has 0 saturated heterocycles. The molecule has 1 aromatic rings. The van der Waals surface area contributed by atoms with Crippen LogP contribution in [0.2, 0.25) is 0 Å². The van der Waals surface area contributed by atoms with Crippen LogP contribution in [0.25, 0.3) is 0 Å². The molecule has 6 nitrogen and oxygen atoms in total. The zero-order valence-electron chi connectivity index (χ0n) is 16.6. The second-order valence-corrected chi connectivity index (χ2v) is 8.06. The fourth-order valence-electron chi connectivity index (χ4n) is 3.29. The number of benzene rings is 1. The number of phenols is 1. The van der Waals surface area contributed by atoms with Crippen LogP contribution in [-0.2, 0) is 16.0 Å². The zero-order chi connectivity index (χ0) is 19.7. The Morgan fingerprint density at radius 1 is 1.27 bits per heavy atom. The highest BCUT2D eigenvalue weighted by molar-refractivity contribution is 5.69. The van der Waals surface area contributed by atoms with Gasteiger partial charge in [-0.3, -0.25) is 4.79 Å². The van der Waals surface area contributed by atoms with Crippen molar-refractivity contribution >= 4 is 5.97 Å². The maximum Gasteiger partial charge on any atom is 0.305 e. The molecule has 1 atom stereocenters. The standard InChI is InChI=1S/C20H32N2O4/c1-12-13(2)18-15(14(3)17(12)24)6-8-19(4,26-18)9-7-16(23)25-11-10-20(5,21)22/h24H,6-11,21-22H2,1-5H3. The highest BCUT2D eigenvalue weighted by Crippen LogP contribution is 2.44. The average molecular weight is 364 g/mol. The first kappa shape index (κ1) is 20.5. The van der Waals surface area contributed by atoms with Crippen molar-refractivity contribution in [3.63, 3.8) is 0 Å². The summed E-state index contributed by atoms with van der Waals surface area (Å²) in [6.45, 7) is 9.72. The van der Waals surface area contributed by atoms with E-state index in [1.165, 1.54) is 0 Å². The van der Waals surface area contributed by atoms with E-state index >= 15 is 0 Å². The minimum absolute atomic E-state index is 0.222. The number of aromatic hydroxyl groups is 1. The van der Waals surface area contributed by atoms with Gasteiger partial charge in [0.25, 0.3) is 0 Å². The maximum atomic E-state index is 12.0. The predicted octanol–water partition coefficient (Wildman–Crippen LogP) is 2.75. The van der Waals surface area contributed by atoms with Crippen LogP contribution in [0, 0.1) is 20.8 Å². The molecule has 0 aliphatic carbocycles. The Morgan fingerprint density at radius 2 is 1.92 bits per heavy atom.